The van der Waals surface area contributed by atoms with Crippen LogP contribution in [0.15, 0.2) is 46.8 Å². The van der Waals surface area contributed by atoms with Gasteiger partial charge in [0.05, 0.1) is 0 Å². The highest BCUT2D eigenvalue weighted by molar-refractivity contribution is 14.0. The first-order valence-corrected chi connectivity index (χ1v) is 9.19. The third-order valence-corrected chi connectivity index (χ3v) is 5.35. The first-order valence-electron chi connectivity index (χ1n) is 8.31. The molecule has 5 heteroatoms. The molecule has 1 aliphatic rings. The topological polar surface area (TPSA) is 36.4 Å². The Bertz CT molecular complexity index is 654. The molecule has 1 aromatic carbocycles. The van der Waals surface area contributed by atoms with Gasteiger partial charge in [0.1, 0.15) is 0 Å². The minimum atomic E-state index is 0. The fourth-order valence-electron chi connectivity index (χ4n) is 3.10. The third kappa shape index (κ3) is 4.96. The summed E-state index contributed by atoms with van der Waals surface area (Å²) in [6, 6.07) is 13.1. The molecule has 0 aliphatic heterocycles. The van der Waals surface area contributed by atoms with Gasteiger partial charge in [0.15, 0.2) is 5.96 Å². The quantitative estimate of drug-likeness (QED) is 0.392. The number of aliphatic imine (C=N–C) groups is 1. The summed E-state index contributed by atoms with van der Waals surface area (Å²) in [5.41, 5.74) is 2.98. The number of hydrogen-bond acceptors (Lipinski definition) is 2. The number of hydrogen-bond donors (Lipinski definition) is 2. The smallest absolute Gasteiger partial charge is 0.191 e. The van der Waals surface area contributed by atoms with Crippen molar-refractivity contribution in [2.24, 2.45) is 10.9 Å². The lowest BCUT2D eigenvalue weighted by Gasteiger charge is -2.30. The Morgan fingerprint density at radius 2 is 2.08 bits per heavy atom. The van der Waals surface area contributed by atoms with Gasteiger partial charge in [0.25, 0.3) is 0 Å². The van der Waals surface area contributed by atoms with Crippen LogP contribution >= 0.6 is 35.3 Å². The summed E-state index contributed by atoms with van der Waals surface area (Å²) in [4.78, 5) is 5.79. The SMILES string of the molecule is CN=C(NCC(C)Cc1cccs1)NCC1Cc2ccccc21.I. The van der Waals surface area contributed by atoms with E-state index in [4.69, 9.17) is 0 Å². The minimum absolute atomic E-state index is 0. The number of nitrogens with one attached hydrogen (secondary N) is 2. The summed E-state index contributed by atoms with van der Waals surface area (Å²) in [6.45, 7) is 4.18. The van der Waals surface area contributed by atoms with E-state index in [-0.39, 0.29) is 24.0 Å². The van der Waals surface area contributed by atoms with E-state index in [0.717, 1.165) is 25.5 Å². The van der Waals surface area contributed by atoms with Crippen molar-refractivity contribution in [1.82, 2.24) is 10.6 Å². The molecule has 2 unspecified atom stereocenters. The monoisotopic (exact) mass is 455 g/mol. The second-order valence-corrected chi connectivity index (χ2v) is 7.35. The predicted molar refractivity (Wildman–Crippen MR) is 115 cm³/mol. The second-order valence-electron chi connectivity index (χ2n) is 6.32. The number of nitrogens with zero attached hydrogens (tertiary/aromatic N) is 1. The molecule has 3 rings (SSSR count). The van der Waals surface area contributed by atoms with Gasteiger partial charge in [-0.2, -0.15) is 0 Å². The van der Waals surface area contributed by atoms with Crippen molar-refractivity contribution < 1.29 is 0 Å². The molecule has 0 bridgehead atoms. The van der Waals surface area contributed by atoms with Gasteiger partial charge in [0, 0.05) is 30.9 Å². The lowest BCUT2D eigenvalue weighted by Crippen LogP contribution is -2.42. The van der Waals surface area contributed by atoms with Crippen molar-refractivity contribution in [3.8, 4) is 0 Å². The summed E-state index contributed by atoms with van der Waals surface area (Å²) in [5, 5.41) is 9.07. The predicted octanol–water partition coefficient (Wildman–Crippen LogP) is 4.05. The van der Waals surface area contributed by atoms with E-state index in [1.165, 1.54) is 22.4 Å². The Morgan fingerprint density at radius 1 is 1.25 bits per heavy atom. The fourth-order valence-corrected chi connectivity index (χ4v) is 3.97. The first-order chi connectivity index (χ1) is 11.3. The molecule has 24 heavy (non-hydrogen) atoms. The Kier molecular flexibility index (Phi) is 7.55. The van der Waals surface area contributed by atoms with Gasteiger partial charge in [-0.3, -0.25) is 4.99 Å². The molecule has 0 amide bonds. The maximum Gasteiger partial charge on any atom is 0.191 e. The highest BCUT2D eigenvalue weighted by Gasteiger charge is 2.25. The van der Waals surface area contributed by atoms with Gasteiger partial charge in [-0.05, 0) is 41.3 Å². The molecule has 0 spiro atoms. The molecule has 2 atom stereocenters. The van der Waals surface area contributed by atoms with E-state index in [9.17, 15) is 0 Å². The Morgan fingerprint density at radius 3 is 2.79 bits per heavy atom. The van der Waals surface area contributed by atoms with Crippen molar-refractivity contribution in [2.45, 2.75) is 25.7 Å². The molecule has 2 N–H and O–H groups in total. The van der Waals surface area contributed by atoms with Crippen molar-refractivity contribution in [2.75, 3.05) is 20.1 Å². The zero-order chi connectivity index (χ0) is 16.1. The van der Waals surface area contributed by atoms with Crippen LogP contribution in [0.4, 0.5) is 0 Å². The molecule has 1 heterocycles. The molecule has 0 saturated carbocycles. The van der Waals surface area contributed by atoms with Gasteiger partial charge in [-0.25, -0.2) is 0 Å². The highest BCUT2D eigenvalue weighted by Crippen LogP contribution is 2.33. The van der Waals surface area contributed by atoms with E-state index in [0.29, 0.717) is 11.8 Å². The number of benzene rings is 1. The largest absolute Gasteiger partial charge is 0.356 e. The van der Waals surface area contributed by atoms with Crippen molar-refractivity contribution in [3.05, 3.63) is 57.8 Å². The van der Waals surface area contributed by atoms with Crippen LogP contribution in [0.2, 0.25) is 0 Å². The molecular weight excluding hydrogens is 429 g/mol. The molecule has 0 saturated heterocycles. The molecule has 1 aromatic heterocycles. The zero-order valence-corrected chi connectivity index (χ0v) is 17.4. The van der Waals surface area contributed by atoms with Crippen molar-refractivity contribution >= 4 is 41.3 Å². The van der Waals surface area contributed by atoms with Crippen LogP contribution in [0.1, 0.15) is 28.8 Å². The highest BCUT2D eigenvalue weighted by atomic mass is 127. The Balaban J connectivity index is 0.00000208. The van der Waals surface area contributed by atoms with E-state index in [1.54, 1.807) is 0 Å². The molecule has 0 radical (unpaired) electrons. The fraction of sp³-hybridized carbons (Fsp3) is 0.421. The lowest BCUT2D eigenvalue weighted by molar-refractivity contribution is 0.550. The second kappa shape index (κ2) is 9.42. The molecular formula is C19H26IN3S. The van der Waals surface area contributed by atoms with Gasteiger partial charge < -0.3 is 10.6 Å². The van der Waals surface area contributed by atoms with Crippen LogP contribution in [0, 0.1) is 5.92 Å². The Hall–Kier alpha value is -1.08. The van der Waals surface area contributed by atoms with Gasteiger partial charge in [0.2, 0.25) is 0 Å². The average molecular weight is 455 g/mol. The van der Waals surface area contributed by atoms with Crippen molar-refractivity contribution in [1.29, 1.82) is 0 Å². The minimum Gasteiger partial charge on any atom is -0.356 e. The lowest BCUT2D eigenvalue weighted by atomic mass is 9.78. The van der Waals surface area contributed by atoms with Crippen molar-refractivity contribution in [3.63, 3.8) is 0 Å². The van der Waals surface area contributed by atoms with Gasteiger partial charge >= 0.3 is 0 Å². The molecule has 1 aliphatic carbocycles. The van der Waals surface area contributed by atoms with Crippen LogP contribution in [-0.4, -0.2) is 26.1 Å². The molecule has 130 valence electrons. The molecule has 3 nitrogen and oxygen atoms in total. The third-order valence-electron chi connectivity index (χ3n) is 4.45. The summed E-state index contributed by atoms with van der Waals surface area (Å²) in [5.74, 6) is 2.12. The summed E-state index contributed by atoms with van der Waals surface area (Å²) in [6.07, 6.45) is 2.30. The van der Waals surface area contributed by atoms with Crippen LogP contribution in [0.5, 0.6) is 0 Å². The van der Waals surface area contributed by atoms with Crippen LogP contribution in [0.3, 0.4) is 0 Å². The maximum absolute atomic E-state index is 4.34. The van der Waals surface area contributed by atoms with Crippen LogP contribution in [-0.2, 0) is 12.8 Å². The number of fused-ring (bicyclic) bond motifs is 1. The first kappa shape index (κ1) is 19.2. The average Bonchev–Trinajstić information content (AvgIpc) is 3.04. The number of halogens is 1. The van der Waals surface area contributed by atoms with E-state index >= 15 is 0 Å². The standard InChI is InChI=1S/C19H25N3S.HI/c1-14(10-17-7-5-9-23-17)12-21-19(20-2)22-13-16-11-15-6-3-4-8-18(15)16;/h3-9,14,16H,10-13H2,1-2H3,(H2,20,21,22);1H. The summed E-state index contributed by atoms with van der Waals surface area (Å²) in [7, 11) is 1.84. The Labute approximate surface area is 166 Å². The van der Waals surface area contributed by atoms with E-state index in [2.05, 4.69) is 64.3 Å². The van der Waals surface area contributed by atoms with Gasteiger partial charge in [-0.15, -0.1) is 35.3 Å². The van der Waals surface area contributed by atoms with E-state index in [1.807, 2.05) is 18.4 Å². The zero-order valence-electron chi connectivity index (χ0n) is 14.3. The van der Waals surface area contributed by atoms with Crippen LogP contribution in [0.25, 0.3) is 0 Å². The van der Waals surface area contributed by atoms with E-state index < -0.39 is 0 Å². The number of guanidine groups is 1. The number of rotatable bonds is 6. The number of thiophene rings is 1. The van der Waals surface area contributed by atoms with Gasteiger partial charge in [-0.1, -0.05) is 37.3 Å². The summed E-state index contributed by atoms with van der Waals surface area (Å²) >= 11 is 1.84. The maximum atomic E-state index is 4.34. The molecule has 2 aromatic rings. The molecule has 0 fully saturated rings. The van der Waals surface area contributed by atoms with Crippen LogP contribution < -0.4 is 10.6 Å². The summed E-state index contributed by atoms with van der Waals surface area (Å²) < 4.78 is 0. The normalized spacial score (nSPS) is 17.2.